The molecule has 6 aliphatic heterocycles. The minimum Gasteiger partial charge on any atom is -0.394 e. The number of rotatable bonds is 25. The normalized spacial score (nSPS) is 45.4. The molecule has 39 heteroatoms. The third-order valence-corrected chi connectivity index (χ3v) is 14.8. The standard InChI is InChI=1S/C44H77N2O36P/c1-3-13-21(51)27(57)33(63)41(74-13)81-37-30(60)22(52)14(7-47)75-43(37)72-9-16-24(54)28(58)32(62)39(77-16)71-10-17-26(56)36(35(65)40(78-17)70-6-4-5-19(49)45-46-20(50)12-69-2)80-44-38(31(61)23(53)15(8-48)76-44)82-42-34(64)29(59)25(55)18(79-42)11-73-83(66,67)68/h13-18,21-44,47-48,51-65H,3-12H2,1-2H3,(H,45,49)(H,46,50)(H2,66,67,68)/t13?,14?,15?,16?,17?,18?,21-,22-,23-,24-,25-,26-,27-,28-,29-,30-,31-,32?,33?,34?,35?,36-,37?,38?,39+,40+,41-,42-,43+,44-/m0/s1. The number of carbonyl (C=O) groups excluding carboxylic acids is 2. The molecule has 21 N–H and O–H groups in total. The van der Waals surface area contributed by atoms with Crippen LogP contribution in [0.1, 0.15) is 26.2 Å². The zero-order valence-electron chi connectivity index (χ0n) is 44.3. The second kappa shape index (κ2) is 31.3. The number of nitrogens with one attached hydrogen (secondary N) is 2. The number of methoxy groups -OCH3 is 1. The zero-order chi connectivity index (χ0) is 61.4. The average molecular weight is 1240 g/mol. The molecule has 6 aliphatic rings. The van der Waals surface area contributed by atoms with Gasteiger partial charge in [0.05, 0.1) is 45.7 Å². The van der Waals surface area contributed by atoms with Crippen LogP contribution in [-0.4, -0.2) is 346 Å². The Hall–Kier alpha value is -2.15. The van der Waals surface area contributed by atoms with E-state index in [0.717, 1.165) is 0 Å². The van der Waals surface area contributed by atoms with Gasteiger partial charge in [0.15, 0.2) is 37.7 Å². The summed E-state index contributed by atoms with van der Waals surface area (Å²) >= 11 is 0. The fourth-order valence-corrected chi connectivity index (χ4v) is 9.87. The Morgan fingerprint density at radius 1 is 0.434 bits per heavy atom. The van der Waals surface area contributed by atoms with Gasteiger partial charge in [0.2, 0.25) is 5.91 Å². The lowest BCUT2D eigenvalue weighted by molar-refractivity contribution is -0.391. The predicted molar refractivity (Wildman–Crippen MR) is 254 cm³/mol. The fraction of sp³-hybridized carbons (Fsp3) is 0.955. The van der Waals surface area contributed by atoms with Crippen LogP contribution in [0.5, 0.6) is 0 Å². The number of carbonyl (C=O) groups is 2. The van der Waals surface area contributed by atoms with Gasteiger partial charge < -0.3 is 158 Å². The van der Waals surface area contributed by atoms with Crippen LogP contribution in [0.25, 0.3) is 0 Å². The number of hydrogen-bond acceptors (Lipinski definition) is 34. The number of aliphatic hydroxyl groups is 17. The number of hydrazine groups is 1. The topological polar surface area (TPSA) is 589 Å². The van der Waals surface area contributed by atoms with Crippen molar-refractivity contribution in [2.75, 3.05) is 53.4 Å². The molecular formula is C44H77N2O36P. The van der Waals surface area contributed by atoms with Gasteiger partial charge in [-0.15, -0.1) is 0 Å². The first-order valence-electron chi connectivity index (χ1n) is 26.1. The van der Waals surface area contributed by atoms with E-state index in [1.165, 1.54) is 7.11 Å². The van der Waals surface area contributed by atoms with Crippen molar-refractivity contribution >= 4 is 19.6 Å². The SMILES string of the molecule is CCC1O[C@@H](OC2[C@H](OCC3O[C@@H](OCC4O[C@@H](OCCCC(=O)NNC(=O)COC)C(O)[C@@H](O[C@@H]5OC(CO)[C@H](O)[C@H](O)C5O[C@@H]5OC(COP(=O)(O)O)[C@H](O)[C@H](O)C5O)[C@H]4O)C(O)[C@@H](O)[C@H]3O)OC(CO)[C@H](O)[C@@H]2O)C(O)[C@@H](O)[C@H]1O. The van der Waals surface area contributed by atoms with E-state index in [1.54, 1.807) is 6.92 Å². The highest BCUT2D eigenvalue weighted by atomic mass is 31.2. The minimum absolute atomic E-state index is 0.112. The molecule has 0 radical (unpaired) electrons. The van der Waals surface area contributed by atoms with E-state index in [1.807, 2.05) is 0 Å². The van der Waals surface area contributed by atoms with Crippen LogP contribution >= 0.6 is 7.82 Å². The van der Waals surface area contributed by atoms with Gasteiger partial charge in [0.1, 0.15) is 147 Å². The zero-order valence-corrected chi connectivity index (χ0v) is 45.2. The van der Waals surface area contributed by atoms with Crippen LogP contribution in [-0.2, 0) is 80.3 Å². The number of amides is 2. The highest BCUT2D eigenvalue weighted by Gasteiger charge is 2.56. The van der Waals surface area contributed by atoms with Crippen molar-refractivity contribution in [3.63, 3.8) is 0 Å². The molecule has 6 rings (SSSR count). The quantitative estimate of drug-likeness (QED) is 0.0229. The highest BCUT2D eigenvalue weighted by molar-refractivity contribution is 7.46. The number of hydrogen-bond donors (Lipinski definition) is 21. The van der Waals surface area contributed by atoms with E-state index in [0.29, 0.717) is 0 Å². The van der Waals surface area contributed by atoms with Crippen LogP contribution in [0, 0.1) is 0 Å². The van der Waals surface area contributed by atoms with Crippen molar-refractivity contribution in [2.45, 2.75) is 210 Å². The molecule has 0 aromatic carbocycles. The summed E-state index contributed by atoms with van der Waals surface area (Å²) in [5.41, 5.74) is 4.23. The number of phosphoric acid groups is 1. The number of ether oxygens (including phenoxy) is 13. The minimum atomic E-state index is -5.22. The molecule has 12 unspecified atom stereocenters. The van der Waals surface area contributed by atoms with Crippen molar-refractivity contribution in [2.24, 2.45) is 0 Å². The molecule has 0 aromatic heterocycles. The first kappa shape index (κ1) is 69.9. The van der Waals surface area contributed by atoms with Crippen LogP contribution in [0.3, 0.4) is 0 Å². The van der Waals surface area contributed by atoms with Gasteiger partial charge >= 0.3 is 7.82 Å². The van der Waals surface area contributed by atoms with E-state index in [4.69, 9.17) is 56.8 Å². The molecule has 0 saturated carbocycles. The Bertz CT molecular complexity index is 2040. The lowest BCUT2D eigenvalue weighted by atomic mass is 9.96. The predicted octanol–water partition coefficient (Wildman–Crippen LogP) is -13.0. The van der Waals surface area contributed by atoms with Crippen LogP contribution < -0.4 is 10.9 Å². The Labute approximate surface area is 470 Å². The Morgan fingerprint density at radius 3 is 1.35 bits per heavy atom. The average Bonchev–Trinajstić information content (AvgIpc) is 3.58. The molecule has 0 bridgehead atoms. The first-order valence-corrected chi connectivity index (χ1v) is 27.6. The third-order valence-electron chi connectivity index (χ3n) is 14.3. The van der Waals surface area contributed by atoms with Crippen LogP contribution in [0.2, 0.25) is 0 Å². The first-order chi connectivity index (χ1) is 39.2. The number of aliphatic hydroxyl groups excluding tert-OH is 17. The van der Waals surface area contributed by atoms with Crippen molar-refractivity contribution in [1.82, 2.24) is 10.9 Å². The van der Waals surface area contributed by atoms with Gasteiger partial charge in [-0.05, 0) is 12.8 Å². The Kier molecular flexibility index (Phi) is 26.4. The van der Waals surface area contributed by atoms with E-state index in [-0.39, 0.29) is 25.9 Å². The van der Waals surface area contributed by atoms with E-state index >= 15 is 0 Å². The van der Waals surface area contributed by atoms with Crippen molar-refractivity contribution in [3.05, 3.63) is 0 Å². The number of phosphoric ester groups is 1. The van der Waals surface area contributed by atoms with Crippen LogP contribution in [0.15, 0.2) is 0 Å². The maximum atomic E-state index is 12.4. The van der Waals surface area contributed by atoms with Gasteiger partial charge in [-0.2, -0.15) is 0 Å². The Balaban J connectivity index is 1.20. The molecule has 83 heavy (non-hydrogen) atoms. The van der Waals surface area contributed by atoms with E-state index in [2.05, 4.69) is 20.1 Å². The summed E-state index contributed by atoms with van der Waals surface area (Å²) in [6.45, 7) is -4.06. The van der Waals surface area contributed by atoms with Gasteiger partial charge in [-0.1, -0.05) is 6.92 Å². The van der Waals surface area contributed by atoms with Gasteiger partial charge in [-0.3, -0.25) is 25.0 Å². The summed E-state index contributed by atoms with van der Waals surface area (Å²) in [6, 6.07) is 0. The molecule has 0 aromatic rings. The summed E-state index contributed by atoms with van der Waals surface area (Å²) in [5.74, 6) is -1.41. The monoisotopic (exact) mass is 1240 g/mol. The van der Waals surface area contributed by atoms with E-state index in [9.17, 15) is 111 Å². The fourth-order valence-electron chi connectivity index (χ4n) is 9.53. The van der Waals surface area contributed by atoms with Crippen molar-refractivity contribution < 1.29 is 177 Å². The Morgan fingerprint density at radius 2 is 0.831 bits per heavy atom. The summed E-state index contributed by atoms with van der Waals surface area (Å²) < 4.78 is 89.1. The smallest absolute Gasteiger partial charge is 0.394 e. The van der Waals surface area contributed by atoms with Crippen molar-refractivity contribution in [3.8, 4) is 0 Å². The molecule has 0 aliphatic carbocycles. The molecule has 484 valence electrons. The largest absolute Gasteiger partial charge is 0.469 e. The molecule has 6 saturated heterocycles. The summed E-state index contributed by atoms with van der Waals surface area (Å²) in [6.07, 6.45) is -58.4. The molecular weight excluding hydrogens is 1160 g/mol. The maximum absolute atomic E-state index is 12.4. The second-order valence-corrected chi connectivity index (χ2v) is 21.4. The van der Waals surface area contributed by atoms with Gasteiger partial charge in [-0.25, -0.2) is 4.57 Å². The van der Waals surface area contributed by atoms with Gasteiger partial charge in [0, 0.05) is 13.5 Å². The molecule has 30 atom stereocenters. The highest BCUT2D eigenvalue weighted by Crippen LogP contribution is 2.39. The second-order valence-electron chi connectivity index (χ2n) is 20.1. The van der Waals surface area contributed by atoms with Crippen molar-refractivity contribution in [1.29, 1.82) is 0 Å². The van der Waals surface area contributed by atoms with E-state index < -0.39 is 244 Å². The lowest BCUT2D eigenvalue weighted by Crippen LogP contribution is -2.67. The summed E-state index contributed by atoms with van der Waals surface area (Å²) in [7, 11) is -3.98. The molecule has 6 heterocycles. The molecule has 6 fully saturated rings. The lowest BCUT2D eigenvalue weighted by Gasteiger charge is -2.48. The van der Waals surface area contributed by atoms with Gasteiger partial charge in [0.25, 0.3) is 5.91 Å². The molecule has 0 spiro atoms. The summed E-state index contributed by atoms with van der Waals surface area (Å²) in [4.78, 5) is 42.5. The summed E-state index contributed by atoms with van der Waals surface area (Å²) in [5, 5.41) is 184. The third kappa shape index (κ3) is 17.4. The molecule has 2 amide bonds. The van der Waals surface area contributed by atoms with Crippen LogP contribution in [0.4, 0.5) is 0 Å². The molecule has 38 nitrogen and oxygen atoms in total. The maximum Gasteiger partial charge on any atom is 0.469 e.